The highest BCUT2D eigenvalue weighted by molar-refractivity contribution is 5.70. The van der Waals surface area contributed by atoms with Crippen LogP contribution in [0.1, 0.15) is 39.5 Å². The maximum atomic E-state index is 10.8. The fourth-order valence-electron chi connectivity index (χ4n) is 2.24. The van der Waals surface area contributed by atoms with Crippen LogP contribution in [0.3, 0.4) is 0 Å². The molecular weight excluding hydrogens is 168 g/mol. The zero-order valence-corrected chi connectivity index (χ0v) is 8.29. The summed E-state index contributed by atoms with van der Waals surface area (Å²) < 4.78 is 0. The lowest BCUT2D eigenvalue weighted by Crippen LogP contribution is -2.40. The second kappa shape index (κ2) is 3.66. The molecule has 13 heavy (non-hydrogen) atoms. The van der Waals surface area contributed by atoms with Crippen LogP contribution in [0.25, 0.3) is 0 Å². The van der Waals surface area contributed by atoms with Crippen molar-refractivity contribution in [3.63, 3.8) is 0 Å². The molecule has 1 rings (SSSR count). The molecule has 0 bridgehead atoms. The van der Waals surface area contributed by atoms with Gasteiger partial charge in [-0.15, -0.1) is 0 Å². The number of aliphatic hydroxyl groups is 1. The zero-order chi connectivity index (χ0) is 10.1. The van der Waals surface area contributed by atoms with Crippen molar-refractivity contribution in [3.8, 4) is 0 Å². The summed E-state index contributed by atoms with van der Waals surface area (Å²) in [7, 11) is 0. The summed E-state index contributed by atoms with van der Waals surface area (Å²) in [5, 5.41) is 18.8. The molecule has 0 aliphatic heterocycles. The highest BCUT2D eigenvalue weighted by atomic mass is 16.4. The number of carboxylic acid groups (broad SMARTS) is 1. The lowest BCUT2D eigenvalue weighted by molar-refractivity contribution is -0.147. The smallest absolute Gasteiger partial charge is 0.306 e. The Kier molecular flexibility index (Phi) is 2.96. The Morgan fingerprint density at radius 2 is 2.23 bits per heavy atom. The van der Waals surface area contributed by atoms with Crippen LogP contribution in [0, 0.1) is 11.8 Å². The van der Waals surface area contributed by atoms with Crippen LogP contribution in [0.2, 0.25) is 0 Å². The van der Waals surface area contributed by atoms with Gasteiger partial charge in [-0.1, -0.05) is 13.8 Å². The third-order valence-corrected chi connectivity index (χ3v) is 3.28. The molecule has 0 aromatic rings. The molecule has 3 unspecified atom stereocenters. The first-order valence-corrected chi connectivity index (χ1v) is 4.93. The van der Waals surface area contributed by atoms with Gasteiger partial charge in [0.25, 0.3) is 0 Å². The molecule has 0 radical (unpaired) electrons. The molecule has 0 aromatic carbocycles. The van der Waals surface area contributed by atoms with E-state index in [0.29, 0.717) is 19.3 Å². The predicted molar refractivity (Wildman–Crippen MR) is 49.4 cm³/mol. The van der Waals surface area contributed by atoms with Crippen LogP contribution in [0.15, 0.2) is 0 Å². The van der Waals surface area contributed by atoms with Gasteiger partial charge in [0.05, 0.1) is 11.5 Å². The molecule has 3 heteroatoms. The third kappa shape index (κ3) is 2.21. The van der Waals surface area contributed by atoms with Crippen LogP contribution >= 0.6 is 0 Å². The van der Waals surface area contributed by atoms with E-state index in [-0.39, 0.29) is 11.8 Å². The van der Waals surface area contributed by atoms with Crippen LogP contribution in [0.5, 0.6) is 0 Å². The van der Waals surface area contributed by atoms with Gasteiger partial charge in [-0.05, 0) is 31.6 Å². The third-order valence-electron chi connectivity index (χ3n) is 3.28. The summed E-state index contributed by atoms with van der Waals surface area (Å²) in [5.74, 6) is -0.881. The molecule has 1 aliphatic rings. The first-order valence-electron chi connectivity index (χ1n) is 4.93. The van der Waals surface area contributed by atoms with Crippen molar-refractivity contribution in [2.45, 2.75) is 45.1 Å². The molecule has 0 aromatic heterocycles. The van der Waals surface area contributed by atoms with Crippen molar-refractivity contribution in [2.75, 3.05) is 0 Å². The molecule has 3 nitrogen and oxygen atoms in total. The molecule has 0 amide bonds. The molecule has 1 fully saturated rings. The van der Waals surface area contributed by atoms with Crippen LogP contribution < -0.4 is 0 Å². The normalized spacial score (nSPS) is 40.2. The Hall–Kier alpha value is -0.570. The van der Waals surface area contributed by atoms with Gasteiger partial charge in [0, 0.05) is 0 Å². The van der Waals surface area contributed by atoms with Crippen LogP contribution in [-0.4, -0.2) is 21.8 Å². The fourth-order valence-corrected chi connectivity index (χ4v) is 2.24. The van der Waals surface area contributed by atoms with Crippen molar-refractivity contribution in [1.29, 1.82) is 0 Å². The number of carbonyl (C=O) groups is 1. The largest absolute Gasteiger partial charge is 0.481 e. The summed E-state index contributed by atoms with van der Waals surface area (Å²) in [4.78, 5) is 10.8. The van der Waals surface area contributed by atoms with E-state index in [1.165, 1.54) is 0 Å². The van der Waals surface area contributed by atoms with E-state index in [2.05, 4.69) is 0 Å². The van der Waals surface area contributed by atoms with E-state index >= 15 is 0 Å². The minimum Gasteiger partial charge on any atom is -0.481 e. The average molecular weight is 186 g/mol. The van der Waals surface area contributed by atoms with E-state index in [9.17, 15) is 9.90 Å². The van der Waals surface area contributed by atoms with Gasteiger partial charge in [-0.2, -0.15) is 0 Å². The van der Waals surface area contributed by atoms with Crippen molar-refractivity contribution in [1.82, 2.24) is 0 Å². The Morgan fingerprint density at radius 1 is 1.62 bits per heavy atom. The second-order valence-electron chi connectivity index (χ2n) is 4.24. The fraction of sp³-hybridized carbons (Fsp3) is 0.900. The van der Waals surface area contributed by atoms with E-state index in [0.717, 1.165) is 6.42 Å². The molecule has 0 heterocycles. The summed E-state index contributed by atoms with van der Waals surface area (Å²) >= 11 is 0. The minimum absolute atomic E-state index is 0.0937. The average Bonchev–Trinajstić information content (AvgIpc) is 2.03. The first kappa shape index (κ1) is 10.5. The molecule has 1 saturated carbocycles. The Bertz CT molecular complexity index is 202. The molecule has 1 aliphatic carbocycles. The molecule has 2 N–H and O–H groups in total. The Morgan fingerprint density at radius 3 is 2.62 bits per heavy atom. The quantitative estimate of drug-likeness (QED) is 0.689. The molecule has 76 valence electrons. The van der Waals surface area contributed by atoms with Gasteiger partial charge >= 0.3 is 5.97 Å². The summed E-state index contributed by atoms with van der Waals surface area (Å²) in [6.45, 7) is 3.87. The lowest BCUT2D eigenvalue weighted by Gasteiger charge is -2.38. The predicted octanol–water partition coefficient (Wildman–Crippen LogP) is 1.65. The Balaban J connectivity index is 2.61. The summed E-state index contributed by atoms with van der Waals surface area (Å²) in [5.41, 5.74) is -0.606. The number of carboxylic acids is 1. The zero-order valence-electron chi connectivity index (χ0n) is 8.29. The van der Waals surface area contributed by atoms with Gasteiger partial charge in [0.15, 0.2) is 0 Å². The number of hydrogen-bond acceptors (Lipinski definition) is 2. The van der Waals surface area contributed by atoms with Crippen molar-refractivity contribution in [3.05, 3.63) is 0 Å². The van der Waals surface area contributed by atoms with Crippen molar-refractivity contribution >= 4 is 5.97 Å². The van der Waals surface area contributed by atoms with Gasteiger partial charge in [-0.3, -0.25) is 4.79 Å². The van der Waals surface area contributed by atoms with Crippen molar-refractivity contribution in [2.24, 2.45) is 11.8 Å². The monoisotopic (exact) mass is 186 g/mol. The topological polar surface area (TPSA) is 57.5 Å². The molecule has 3 atom stereocenters. The Labute approximate surface area is 78.8 Å². The maximum Gasteiger partial charge on any atom is 0.306 e. The molecular formula is C10H18O3. The SMILES string of the molecule is CCC1(O)CCC(C(=O)O)C(C)C1. The second-order valence-corrected chi connectivity index (χ2v) is 4.24. The maximum absolute atomic E-state index is 10.8. The van der Waals surface area contributed by atoms with Crippen molar-refractivity contribution < 1.29 is 15.0 Å². The number of hydrogen-bond donors (Lipinski definition) is 2. The number of aliphatic carboxylic acids is 1. The van der Waals surface area contributed by atoms with E-state index < -0.39 is 11.6 Å². The van der Waals surface area contributed by atoms with E-state index in [1.54, 1.807) is 0 Å². The summed E-state index contributed by atoms with van der Waals surface area (Å²) in [6, 6.07) is 0. The van der Waals surface area contributed by atoms with Gasteiger partial charge in [0.1, 0.15) is 0 Å². The number of rotatable bonds is 2. The van der Waals surface area contributed by atoms with Gasteiger partial charge in [-0.25, -0.2) is 0 Å². The molecule has 0 spiro atoms. The van der Waals surface area contributed by atoms with Crippen LogP contribution in [0.4, 0.5) is 0 Å². The standard InChI is InChI=1S/C10H18O3/c1-3-10(13)5-4-8(9(11)12)7(2)6-10/h7-8,13H,3-6H2,1-2H3,(H,11,12). The minimum atomic E-state index is -0.717. The molecule has 0 saturated heterocycles. The summed E-state index contributed by atoms with van der Waals surface area (Å²) in [6.07, 6.45) is 2.59. The van der Waals surface area contributed by atoms with Gasteiger partial charge in [0.2, 0.25) is 0 Å². The highest BCUT2D eigenvalue weighted by Crippen LogP contribution is 2.38. The van der Waals surface area contributed by atoms with E-state index in [1.807, 2.05) is 13.8 Å². The lowest BCUT2D eigenvalue weighted by atomic mass is 9.71. The van der Waals surface area contributed by atoms with E-state index in [4.69, 9.17) is 5.11 Å². The highest BCUT2D eigenvalue weighted by Gasteiger charge is 2.38. The van der Waals surface area contributed by atoms with Gasteiger partial charge < -0.3 is 10.2 Å². The first-order chi connectivity index (χ1) is 5.98. The van der Waals surface area contributed by atoms with Crippen LogP contribution in [-0.2, 0) is 4.79 Å².